The van der Waals surface area contributed by atoms with Gasteiger partial charge in [0, 0.05) is 19.2 Å². The lowest BCUT2D eigenvalue weighted by Gasteiger charge is -2.32. The summed E-state index contributed by atoms with van der Waals surface area (Å²) in [6.45, 7) is 3.83. The first-order valence-electron chi connectivity index (χ1n) is 7.60. The van der Waals surface area contributed by atoms with Gasteiger partial charge in [-0.3, -0.25) is 5.32 Å². The molecule has 1 fully saturated rings. The first kappa shape index (κ1) is 16.0. The second-order valence-corrected chi connectivity index (χ2v) is 5.80. The molecule has 21 heavy (non-hydrogen) atoms. The minimum Gasteiger partial charge on any atom is -0.377 e. The van der Waals surface area contributed by atoms with Crippen molar-refractivity contribution in [2.75, 3.05) is 27.2 Å². The van der Waals surface area contributed by atoms with Gasteiger partial charge in [0.2, 0.25) is 0 Å². The molecule has 3 atom stereocenters. The lowest BCUT2D eigenvalue weighted by molar-refractivity contribution is 0.0813. The van der Waals surface area contributed by atoms with Crippen LogP contribution in [-0.2, 0) is 10.3 Å². The highest BCUT2D eigenvalue weighted by Crippen LogP contribution is 2.26. The lowest BCUT2D eigenvalue weighted by Crippen LogP contribution is -2.44. The highest BCUT2D eigenvalue weighted by Gasteiger charge is 2.33. The summed E-state index contributed by atoms with van der Waals surface area (Å²) >= 11 is 0. The number of hydrogen-bond acceptors (Lipinski definition) is 4. The van der Waals surface area contributed by atoms with Crippen LogP contribution in [0.1, 0.15) is 25.3 Å². The van der Waals surface area contributed by atoms with E-state index >= 15 is 0 Å². The Morgan fingerprint density at radius 2 is 2.14 bits per heavy atom. The zero-order valence-electron chi connectivity index (χ0n) is 13.2. The molecule has 0 radical (unpaired) electrons. The van der Waals surface area contributed by atoms with Gasteiger partial charge in [0.25, 0.3) is 0 Å². The zero-order chi connectivity index (χ0) is 15.3. The standard InChI is InChI=1S/C17H25N3O/c1-14-16(9-12-21-14)20(3)11-10-17(13-18,19-2)15-7-5-4-6-8-15/h4-8,14,16,19H,9-12H2,1-3H3. The molecule has 1 saturated heterocycles. The quantitative estimate of drug-likeness (QED) is 0.870. The molecule has 3 unspecified atom stereocenters. The van der Waals surface area contributed by atoms with Gasteiger partial charge in [-0.05, 0) is 39.4 Å². The van der Waals surface area contributed by atoms with Crippen LogP contribution in [0.4, 0.5) is 0 Å². The van der Waals surface area contributed by atoms with Crippen molar-refractivity contribution >= 4 is 0 Å². The van der Waals surface area contributed by atoms with Crippen molar-refractivity contribution in [3.8, 4) is 6.07 Å². The second kappa shape index (κ2) is 7.04. The Morgan fingerprint density at radius 3 is 2.67 bits per heavy atom. The molecule has 2 rings (SSSR count). The molecule has 4 heteroatoms. The van der Waals surface area contributed by atoms with E-state index in [0.29, 0.717) is 6.04 Å². The van der Waals surface area contributed by atoms with E-state index < -0.39 is 5.54 Å². The molecule has 0 aliphatic carbocycles. The molecule has 1 aromatic rings. The van der Waals surface area contributed by atoms with E-state index in [2.05, 4.69) is 30.3 Å². The smallest absolute Gasteiger partial charge is 0.133 e. The van der Waals surface area contributed by atoms with Gasteiger partial charge in [-0.25, -0.2) is 0 Å². The monoisotopic (exact) mass is 287 g/mol. The molecule has 0 bridgehead atoms. The molecule has 1 aromatic carbocycles. The minimum absolute atomic E-state index is 0.276. The van der Waals surface area contributed by atoms with Crippen LogP contribution in [-0.4, -0.2) is 44.3 Å². The zero-order valence-corrected chi connectivity index (χ0v) is 13.2. The maximum Gasteiger partial charge on any atom is 0.133 e. The summed E-state index contributed by atoms with van der Waals surface area (Å²) in [5, 5.41) is 12.9. The molecule has 0 spiro atoms. The van der Waals surface area contributed by atoms with Gasteiger partial charge >= 0.3 is 0 Å². The number of nitrogens with zero attached hydrogens (tertiary/aromatic N) is 2. The molecule has 4 nitrogen and oxygen atoms in total. The van der Waals surface area contributed by atoms with Crippen molar-refractivity contribution in [1.29, 1.82) is 5.26 Å². The van der Waals surface area contributed by atoms with E-state index in [-0.39, 0.29) is 6.10 Å². The molecule has 1 aliphatic heterocycles. The largest absolute Gasteiger partial charge is 0.377 e. The Bertz CT molecular complexity index is 485. The Balaban J connectivity index is 2.06. The minimum atomic E-state index is -0.627. The van der Waals surface area contributed by atoms with E-state index in [0.717, 1.165) is 31.6 Å². The summed E-state index contributed by atoms with van der Waals surface area (Å²) in [6.07, 6.45) is 2.10. The molecule has 1 aliphatic rings. The molecule has 0 aromatic heterocycles. The molecule has 1 heterocycles. The second-order valence-electron chi connectivity index (χ2n) is 5.80. The van der Waals surface area contributed by atoms with Crippen molar-refractivity contribution in [3.63, 3.8) is 0 Å². The summed E-state index contributed by atoms with van der Waals surface area (Å²) in [7, 11) is 3.98. The molecule has 0 saturated carbocycles. The predicted molar refractivity (Wildman–Crippen MR) is 83.9 cm³/mol. The summed E-state index contributed by atoms with van der Waals surface area (Å²) < 4.78 is 5.63. The van der Waals surface area contributed by atoms with Crippen molar-refractivity contribution in [1.82, 2.24) is 10.2 Å². The third-order valence-electron chi connectivity index (χ3n) is 4.63. The van der Waals surface area contributed by atoms with Crippen LogP contribution in [0.2, 0.25) is 0 Å². The number of likely N-dealkylation sites (N-methyl/N-ethyl adjacent to an activating group) is 1. The fourth-order valence-electron chi connectivity index (χ4n) is 3.12. The van der Waals surface area contributed by atoms with Gasteiger partial charge in [-0.1, -0.05) is 30.3 Å². The highest BCUT2D eigenvalue weighted by molar-refractivity contribution is 5.31. The normalized spacial score (nSPS) is 24.7. The Labute approximate surface area is 127 Å². The number of hydrogen-bond donors (Lipinski definition) is 1. The maximum absolute atomic E-state index is 9.70. The topological polar surface area (TPSA) is 48.3 Å². The Morgan fingerprint density at radius 1 is 1.43 bits per heavy atom. The van der Waals surface area contributed by atoms with Gasteiger partial charge < -0.3 is 9.64 Å². The van der Waals surface area contributed by atoms with Crippen molar-refractivity contribution in [3.05, 3.63) is 35.9 Å². The van der Waals surface area contributed by atoms with Crippen molar-refractivity contribution in [2.24, 2.45) is 0 Å². The first-order valence-corrected chi connectivity index (χ1v) is 7.60. The van der Waals surface area contributed by atoms with Crippen molar-refractivity contribution in [2.45, 2.75) is 37.5 Å². The van der Waals surface area contributed by atoms with Crippen LogP contribution >= 0.6 is 0 Å². The van der Waals surface area contributed by atoms with E-state index in [1.54, 1.807) is 0 Å². The van der Waals surface area contributed by atoms with E-state index in [1.165, 1.54) is 0 Å². The van der Waals surface area contributed by atoms with Crippen LogP contribution in [0, 0.1) is 11.3 Å². The summed E-state index contributed by atoms with van der Waals surface area (Å²) in [6, 6.07) is 12.9. The molecular formula is C17H25N3O. The number of benzene rings is 1. The molecule has 114 valence electrons. The van der Waals surface area contributed by atoms with Gasteiger partial charge in [0.1, 0.15) is 5.54 Å². The molecule has 1 N–H and O–H groups in total. The number of rotatable bonds is 6. The lowest BCUT2D eigenvalue weighted by atomic mass is 9.87. The first-order chi connectivity index (χ1) is 10.1. The Hall–Kier alpha value is -1.41. The number of ether oxygens (including phenoxy) is 1. The highest BCUT2D eigenvalue weighted by atomic mass is 16.5. The Kier molecular flexibility index (Phi) is 5.35. The van der Waals surface area contributed by atoms with Gasteiger partial charge in [-0.15, -0.1) is 0 Å². The van der Waals surface area contributed by atoms with Crippen LogP contribution in [0.5, 0.6) is 0 Å². The third kappa shape index (κ3) is 3.44. The average molecular weight is 287 g/mol. The fourth-order valence-corrected chi connectivity index (χ4v) is 3.12. The van der Waals surface area contributed by atoms with E-state index in [4.69, 9.17) is 4.74 Å². The van der Waals surface area contributed by atoms with Gasteiger partial charge in [-0.2, -0.15) is 5.26 Å². The van der Waals surface area contributed by atoms with Crippen molar-refractivity contribution < 1.29 is 4.74 Å². The summed E-state index contributed by atoms with van der Waals surface area (Å²) in [5.41, 5.74) is 0.400. The maximum atomic E-state index is 9.70. The van der Waals surface area contributed by atoms with E-state index in [1.807, 2.05) is 37.4 Å². The SMILES string of the molecule is CNC(C#N)(CCN(C)C1CCOC1C)c1ccccc1. The van der Waals surface area contributed by atoms with Crippen LogP contribution in [0.3, 0.4) is 0 Å². The van der Waals surface area contributed by atoms with Gasteiger partial charge in [0.15, 0.2) is 0 Å². The van der Waals surface area contributed by atoms with Crippen LogP contribution in [0.15, 0.2) is 30.3 Å². The molecule has 0 amide bonds. The average Bonchev–Trinajstić information content (AvgIpc) is 2.96. The fraction of sp³-hybridized carbons (Fsp3) is 0.588. The predicted octanol–water partition coefficient (Wildman–Crippen LogP) is 2.12. The van der Waals surface area contributed by atoms with Gasteiger partial charge in [0.05, 0.1) is 12.2 Å². The summed E-state index contributed by atoms with van der Waals surface area (Å²) in [5.74, 6) is 0. The van der Waals surface area contributed by atoms with E-state index in [9.17, 15) is 5.26 Å². The number of nitriles is 1. The van der Waals surface area contributed by atoms with Crippen LogP contribution in [0.25, 0.3) is 0 Å². The van der Waals surface area contributed by atoms with Crippen LogP contribution < -0.4 is 5.32 Å². The number of nitrogens with one attached hydrogen (secondary N) is 1. The summed E-state index contributed by atoms with van der Waals surface area (Å²) in [4.78, 5) is 2.32. The molecular weight excluding hydrogens is 262 g/mol. The third-order valence-corrected chi connectivity index (χ3v) is 4.63.